The number of anilines is 1. The molecule has 4 amide bonds. The van der Waals surface area contributed by atoms with E-state index in [0.717, 1.165) is 33.3 Å². The lowest BCUT2D eigenvalue weighted by Gasteiger charge is -2.36. The van der Waals surface area contributed by atoms with E-state index in [9.17, 15) is 14.4 Å². The number of aryl methyl sites for hydroxylation is 1. The molecule has 1 fully saturated rings. The maximum Gasteiger partial charge on any atom is 0.332 e. The van der Waals surface area contributed by atoms with Crippen LogP contribution in [0.2, 0.25) is 0 Å². The third kappa shape index (κ3) is 4.78. The molecule has 0 unspecified atom stereocenters. The number of carbonyl (C=O) groups is 3. The zero-order chi connectivity index (χ0) is 28.7. The van der Waals surface area contributed by atoms with E-state index in [1.807, 2.05) is 63.2 Å². The van der Waals surface area contributed by atoms with Crippen molar-refractivity contribution in [3.63, 3.8) is 0 Å². The van der Waals surface area contributed by atoms with E-state index in [1.165, 1.54) is 4.90 Å². The SMILES string of the molecule is Cc1ccc([C@H]2c3[nH]c4ccccc4c3C[C@H]3C(=O)N(c4ccccc4C(=O)NCCCOC(C)C)C(=O)N23)cc1. The van der Waals surface area contributed by atoms with Crippen LogP contribution in [0.25, 0.3) is 10.9 Å². The molecule has 0 spiro atoms. The van der Waals surface area contributed by atoms with Gasteiger partial charge in [-0.15, -0.1) is 0 Å². The van der Waals surface area contributed by atoms with Gasteiger partial charge in [-0.25, -0.2) is 9.69 Å². The maximum atomic E-state index is 14.2. The molecule has 4 aromatic rings. The van der Waals surface area contributed by atoms with Crippen LogP contribution in [0.5, 0.6) is 0 Å². The number of fused-ring (bicyclic) bond motifs is 4. The lowest BCUT2D eigenvalue weighted by Crippen LogP contribution is -2.44. The summed E-state index contributed by atoms with van der Waals surface area (Å²) in [6, 6.07) is 21.3. The van der Waals surface area contributed by atoms with Crippen LogP contribution in [0.1, 0.15) is 59.1 Å². The number of aromatic amines is 1. The van der Waals surface area contributed by atoms with Gasteiger partial charge >= 0.3 is 6.03 Å². The van der Waals surface area contributed by atoms with Gasteiger partial charge < -0.3 is 15.0 Å². The zero-order valence-electron chi connectivity index (χ0n) is 23.5. The number of urea groups is 1. The van der Waals surface area contributed by atoms with Crippen LogP contribution in [-0.4, -0.2) is 53.0 Å². The summed E-state index contributed by atoms with van der Waals surface area (Å²) in [7, 11) is 0. The zero-order valence-corrected chi connectivity index (χ0v) is 23.5. The molecule has 0 aliphatic carbocycles. The van der Waals surface area contributed by atoms with Crippen LogP contribution >= 0.6 is 0 Å². The fraction of sp³-hybridized carbons (Fsp3) is 0.303. The largest absolute Gasteiger partial charge is 0.379 e. The van der Waals surface area contributed by atoms with Crippen LogP contribution in [0.4, 0.5) is 10.5 Å². The second-order valence-electron chi connectivity index (χ2n) is 11.0. The first kappa shape index (κ1) is 26.8. The second kappa shape index (κ2) is 10.9. The minimum Gasteiger partial charge on any atom is -0.379 e. The van der Waals surface area contributed by atoms with Gasteiger partial charge in [0.25, 0.3) is 11.8 Å². The van der Waals surface area contributed by atoms with Crippen molar-refractivity contribution in [2.75, 3.05) is 18.1 Å². The summed E-state index contributed by atoms with van der Waals surface area (Å²) in [5.74, 6) is -0.657. The third-order valence-corrected chi connectivity index (χ3v) is 7.89. The first-order valence-electron chi connectivity index (χ1n) is 14.2. The molecule has 3 heterocycles. The maximum absolute atomic E-state index is 14.2. The minimum absolute atomic E-state index is 0.125. The summed E-state index contributed by atoms with van der Waals surface area (Å²) in [5, 5.41) is 3.97. The number of ether oxygens (including phenoxy) is 1. The molecule has 8 nitrogen and oxygen atoms in total. The van der Waals surface area contributed by atoms with Crippen LogP contribution in [0, 0.1) is 6.92 Å². The monoisotopic (exact) mass is 550 g/mol. The molecule has 6 rings (SSSR count). The molecule has 210 valence electrons. The predicted molar refractivity (Wildman–Crippen MR) is 158 cm³/mol. The van der Waals surface area contributed by atoms with Crippen molar-refractivity contribution in [2.45, 2.75) is 51.8 Å². The Morgan fingerprint density at radius 3 is 2.54 bits per heavy atom. The van der Waals surface area contributed by atoms with E-state index in [4.69, 9.17) is 4.74 Å². The number of H-pyrrole nitrogens is 1. The molecule has 0 saturated carbocycles. The highest BCUT2D eigenvalue weighted by atomic mass is 16.5. The van der Waals surface area contributed by atoms with Gasteiger partial charge in [-0.05, 0) is 56.5 Å². The van der Waals surface area contributed by atoms with Gasteiger partial charge in [0.2, 0.25) is 0 Å². The quantitative estimate of drug-likeness (QED) is 0.224. The lowest BCUT2D eigenvalue weighted by molar-refractivity contribution is -0.120. The van der Waals surface area contributed by atoms with Crippen molar-refractivity contribution in [3.05, 3.63) is 101 Å². The van der Waals surface area contributed by atoms with E-state index in [2.05, 4.69) is 16.4 Å². The summed E-state index contributed by atoms with van der Waals surface area (Å²) in [6.07, 6.45) is 1.18. The molecular weight excluding hydrogens is 516 g/mol. The molecule has 2 aliphatic rings. The molecule has 2 N–H and O–H groups in total. The Labute approximate surface area is 239 Å². The lowest BCUT2D eigenvalue weighted by atomic mass is 9.88. The number of carbonyl (C=O) groups excluding carboxylic acids is 3. The summed E-state index contributed by atoms with van der Waals surface area (Å²) in [6.45, 7) is 6.92. The highest BCUT2D eigenvalue weighted by Gasteiger charge is 2.53. The molecule has 3 aromatic carbocycles. The number of rotatable bonds is 8. The number of para-hydroxylation sites is 2. The Kier molecular flexibility index (Phi) is 7.09. The Bertz CT molecular complexity index is 1620. The van der Waals surface area contributed by atoms with Gasteiger partial charge in [0, 0.05) is 36.2 Å². The van der Waals surface area contributed by atoms with Crippen molar-refractivity contribution in [1.82, 2.24) is 15.2 Å². The number of amides is 4. The fourth-order valence-corrected chi connectivity index (χ4v) is 5.94. The molecule has 1 saturated heterocycles. The molecule has 2 atom stereocenters. The number of nitrogens with zero attached hydrogens (tertiary/aromatic N) is 2. The molecule has 8 heteroatoms. The van der Waals surface area contributed by atoms with Gasteiger partial charge in [-0.1, -0.05) is 60.2 Å². The first-order chi connectivity index (χ1) is 19.8. The number of aromatic nitrogens is 1. The molecule has 1 aromatic heterocycles. The Hall–Kier alpha value is -4.43. The average Bonchev–Trinajstić information content (AvgIpc) is 3.46. The number of nitrogens with one attached hydrogen (secondary N) is 2. The van der Waals surface area contributed by atoms with Gasteiger partial charge in [0.05, 0.1) is 17.4 Å². The molecular formula is C33H34N4O4. The van der Waals surface area contributed by atoms with Crippen molar-refractivity contribution in [3.8, 4) is 0 Å². The van der Waals surface area contributed by atoms with Gasteiger partial charge in [0.1, 0.15) is 12.1 Å². The summed E-state index contributed by atoms with van der Waals surface area (Å²) in [4.78, 5) is 48.0. The second-order valence-corrected chi connectivity index (χ2v) is 11.0. The Balaban J connectivity index is 1.36. The van der Waals surface area contributed by atoms with Gasteiger partial charge in [0.15, 0.2) is 0 Å². The number of imide groups is 1. The summed E-state index contributed by atoms with van der Waals surface area (Å²) in [5.41, 5.74) is 5.56. The number of benzene rings is 3. The Morgan fingerprint density at radius 1 is 1.02 bits per heavy atom. The molecule has 2 aliphatic heterocycles. The minimum atomic E-state index is -0.690. The number of hydrogen-bond donors (Lipinski definition) is 2. The highest BCUT2D eigenvalue weighted by Crippen LogP contribution is 2.45. The van der Waals surface area contributed by atoms with Crippen LogP contribution in [0.15, 0.2) is 72.8 Å². The van der Waals surface area contributed by atoms with Crippen LogP contribution < -0.4 is 10.2 Å². The van der Waals surface area contributed by atoms with Crippen LogP contribution in [0.3, 0.4) is 0 Å². The molecule has 41 heavy (non-hydrogen) atoms. The van der Waals surface area contributed by atoms with Crippen molar-refractivity contribution in [2.24, 2.45) is 0 Å². The Morgan fingerprint density at radius 2 is 1.76 bits per heavy atom. The highest BCUT2D eigenvalue weighted by molar-refractivity contribution is 6.24. The van der Waals surface area contributed by atoms with E-state index in [0.29, 0.717) is 31.7 Å². The fourth-order valence-electron chi connectivity index (χ4n) is 5.94. The van der Waals surface area contributed by atoms with E-state index >= 15 is 0 Å². The van der Waals surface area contributed by atoms with Gasteiger partial charge in [-0.2, -0.15) is 0 Å². The molecule has 0 bridgehead atoms. The normalized spacial score (nSPS) is 18.2. The van der Waals surface area contributed by atoms with Crippen molar-refractivity contribution in [1.29, 1.82) is 0 Å². The predicted octanol–water partition coefficient (Wildman–Crippen LogP) is 5.50. The smallest absolute Gasteiger partial charge is 0.332 e. The number of hydrogen-bond acceptors (Lipinski definition) is 4. The molecule has 0 radical (unpaired) electrons. The topological polar surface area (TPSA) is 94.7 Å². The van der Waals surface area contributed by atoms with E-state index < -0.39 is 18.1 Å². The van der Waals surface area contributed by atoms with E-state index in [1.54, 1.807) is 29.2 Å². The van der Waals surface area contributed by atoms with Gasteiger partial charge in [-0.3, -0.25) is 14.5 Å². The van der Waals surface area contributed by atoms with Crippen molar-refractivity contribution < 1.29 is 19.1 Å². The summed E-state index contributed by atoms with van der Waals surface area (Å²) >= 11 is 0. The third-order valence-electron chi connectivity index (χ3n) is 7.89. The first-order valence-corrected chi connectivity index (χ1v) is 14.2. The summed E-state index contributed by atoms with van der Waals surface area (Å²) < 4.78 is 5.56. The standard InChI is InChI=1S/C33H34N4O4/c1-20(2)41-18-8-17-34-31(38)24-10-5-7-12-27(24)37-32(39)28-19-25-23-9-4-6-11-26(23)35-29(25)30(36(28)33(37)40)22-15-13-21(3)14-16-22/h4-7,9-16,20,28,30,35H,8,17-19H2,1-3H3,(H,34,38)/t28-,30-/m0/s1. The average molecular weight is 551 g/mol. The van der Waals surface area contributed by atoms with Crippen molar-refractivity contribution >= 4 is 34.4 Å². The van der Waals surface area contributed by atoms with E-state index in [-0.39, 0.29) is 23.5 Å². The van der Waals surface area contributed by atoms with Crippen LogP contribution in [-0.2, 0) is 16.0 Å².